The largest absolute Gasteiger partial charge is 0.380 e. The minimum Gasteiger partial charge on any atom is -0.380 e. The monoisotopic (exact) mass is 404 g/mol. The van der Waals surface area contributed by atoms with E-state index >= 15 is 0 Å². The molecule has 1 unspecified atom stereocenters. The molecule has 0 aliphatic carbocycles. The van der Waals surface area contributed by atoms with Crippen molar-refractivity contribution in [1.82, 2.24) is 19.7 Å². The molecule has 0 radical (unpaired) electrons. The Morgan fingerprint density at radius 1 is 1.32 bits per heavy atom. The van der Waals surface area contributed by atoms with Gasteiger partial charge in [-0.2, -0.15) is 5.10 Å². The van der Waals surface area contributed by atoms with Crippen molar-refractivity contribution in [2.45, 2.75) is 56.7 Å². The van der Waals surface area contributed by atoms with Crippen LogP contribution in [0.15, 0.2) is 17.6 Å². The molecule has 4 heterocycles. The number of carbonyl (C=O) groups is 1. The summed E-state index contributed by atoms with van der Waals surface area (Å²) in [7, 11) is 1.82. The number of amides is 1. The van der Waals surface area contributed by atoms with Gasteiger partial charge in [-0.15, -0.1) is 11.3 Å². The SMILES string of the molecule is Cn1nc(C(C)(C)C)cc1C(=O)N1CCC2(CC1)CC(O)(c1nccs1)CO2. The number of thiazole rings is 1. The Balaban J connectivity index is 1.44. The van der Waals surface area contributed by atoms with Gasteiger partial charge in [0.15, 0.2) is 0 Å². The van der Waals surface area contributed by atoms with Crippen LogP contribution in [0.4, 0.5) is 0 Å². The van der Waals surface area contributed by atoms with Crippen LogP contribution in [0.5, 0.6) is 0 Å². The van der Waals surface area contributed by atoms with E-state index in [2.05, 4.69) is 30.9 Å². The van der Waals surface area contributed by atoms with Crippen LogP contribution in [0, 0.1) is 0 Å². The molecule has 1 N–H and O–H groups in total. The quantitative estimate of drug-likeness (QED) is 0.832. The number of hydrogen-bond acceptors (Lipinski definition) is 6. The number of hydrogen-bond donors (Lipinski definition) is 1. The third kappa shape index (κ3) is 3.38. The third-order valence-corrected chi connectivity index (χ3v) is 6.86. The number of ether oxygens (including phenoxy) is 1. The fourth-order valence-corrected chi connectivity index (χ4v) is 4.86. The Labute approximate surface area is 169 Å². The molecule has 2 aromatic rings. The van der Waals surface area contributed by atoms with E-state index in [4.69, 9.17) is 4.74 Å². The lowest BCUT2D eigenvalue weighted by Crippen LogP contribution is -2.47. The number of rotatable bonds is 2. The predicted molar refractivity (Wildman–Crippen MR) is 106 cm³/mol. The van der Waals surface area contributed by atoms with Crippen LogP contribution in [0.1, 0.15) is 61.2 Å². The van der Waals surface area contributed by atoms with Crippen molar-refractivity contribution in [2.24, 2.45) is 7.05 Å². The van der Waals surface area contributed by atoms with E-state index in [9.17, 15) is 9.90 Å². The van der Waals surface area contributed by atoms with Crippen LogP contribution in [-0.4, -0.2) is 56.0 Å². The van der Waals surface area contributed by atoms with Gasteiger partial charge in [-0.25, -0.2) is 4.98 Å². The second kappa shape index (κ2) is 6.64. The van der Waals surface area contributed by atoms with Gasteiger partial charge in [0.25, 0.3) is 5.91 Å². The summed E-state index contributed by atoms with van der Waals surface area (Å²) in [5.74, 6) is 0.00790. The Morgan fingerprint density at radius 2 is 2.04 bits per heavy atom. The minimum absolute atomic E-state index is 0.00790. The lowest BCUT2D eigenvalue weighted by Gasteiger charge is -2.38. The Hall–Kier alpha value is -1.77. The highest BCUT2D eigenvalue weighted by Crippen LogP contribution is 2.45. The van der Waals surface area contributed by atoms with E-state index < -0.39 is 5.60 Å². The molecule has 2 aliphatic rings. The summed E-state index contributed by atoms with van der Waals surface area (Å²) >= 11 is 1.46. The fourth-order valence-electron chi connectivity index (χ4n) is 4.13. The molecule has 28 heavy (non-hydrogen) atoms. The Bertz CT molecular complexity index is 863. The average molecular weight is 405 g/mol. The van der Waals surface area contributed by atoms with Gasteiger partial charge in [0.1, 0.15) is 16.3 Å². The second-order valence-electron chi connectivity index (χ2n) is 9.10. The fraction of sp³-hybridized carbons (Fsp3) is 0.650. The smallest absolute Gasteiger partial charge is 0.272 e. The maximum Gasteiger partial charge on any atom is 0.272 e. The first-order valence-electron chi connectivity index (χ1n) is 9.72. The highest BCUT2D eigenvalue weighted by atomic mass is 32.1. The molecule has 0 aromatic carbocycles. The van der Waals surface area contributed by atoms with Gasteiger partial charge in [-0.05, 0) is 18.9 Å². The van der Waals surface area contributed by atoms with E-state index in [0.29, 0.717) is 30.2 Å². The van der Waals surface area contributed by atoms with Crippen LogP contribution in [0.25, 0.3) is 0 Å². The molecule has 0 bridgehead atoms. The molecule has 8 heteroatoms. The zero-order valence-electron chi connectivity index (χ0n) is 16.9. The van der Waals surface area contributed by atoms with Crippen molar-refractivity contribution < 1.29 is 14.6 Å². The van der Waals surface area contributed by atoms with Crippen molar-refractivity contribution in [3.63, 3.8) is 0 Å². The number of likely N-dealkylation sites (tertiary alicyclic amines) is 1. The van der Waals surface area contributed by atoms with E-state index in [1.807, 2.05) is 23.4 Å². The standard InChI is InChI=1S/C20H28N4O3S/c1-18(2,3)15-11-14(23(4)22-15)16(25)24-8-5-19(6-9-24)12-20(26,13-27-19)17-21-7-10-28-17/h7,10-11,26H,5-6,8-9,12-13H2,1-4H3. The zero-order chi connectivity index (χ0) is 20.2. The number of aryl methyl sites for hydroxylation is 1. The normalized spacial score (nSPS) is 24.8. The molecule has 152 valence electrons. The van der Waals surface area contributed by atoms with Gasteiger partial charge in [0.05, 0.1) is 17.9 Å². The summed E-state index contributed by atoms with van der Waals surface area (Å²) in [4.78, 5) is 19.2. The molecule has 1 spiro atoms. The number of aromatic nitrogens is 3. The first-order valence-corrected chi connectivity index (χ1v) is 10.6. The van der Waals surface area contributed by atoms with Crippen LogP contribution >= 0.6 is 11.3 Å². The molecule has 2 aliphatic heterocycles. The first kappa shape index (κ1) is 19.5. The zero-order valence-corrected chi connectivity index (χ0v) is 17.8. The van der Waals surface area contributed by atoms with E-state index in [-0.39, 0.29) is 23.5 Å². The number of nitrogens with zero attached hydrogens (tertiary/aromatic N) is 4. The lowest BCUT2D eigenvalue weighted by atomic mass is 9.83. The van der Waals surface area contributed by atoms with Gasteiger partial charge >= 0.3 is 0 Å². The Morgan fingerprint density at radius 3 is 2.61 bits per heavy atom. The van der Waals surface area contributed by atoms with Crippen LogP contribution in [0.2, 0.25) is 0 Å². The van der Waals surface area contributed by atoms with Crippen molar-refractivity contribution >= 4 is 17.2 Å². The van der Waals surface area contributed by atoms with Gasteiger partial charge < -0.3 is 14.7 Å². The average Bonchev–Trinajstić information content (AvgIpc) is 3.35. The molecular weight excluding hydrogens is 376 g/mol. The van der Waals surface area contributed by atoms with Gasteiger partial charge in [0.2, 0.25) is 0 Å². The predicted octanol–water partition coefficient (Wildman–Crippen LogP) is 2.46. The van der Waals surface area contributed by atoms with Crippen LogP contribution in [-0.2, 0) is 22.8 Å². The third-order valence-electron chi connectivity index (χ3n) is 5.89. The highest BCUT2D eigenvalue weighted by Gasteiger charge is 2.52. The minimum atomic E-state index is -1.01. The number of piperidine rings is 1. The second-order valence-corrected chi connectivity index (χ2v) is 9.99. The van der Waals surface area contributed by atoms with Crippen molar-refractivity contribution in [3.05, 3.63) is 34.0 Å². The lowest BCUT2D eigenvalue weighted by molar-refractivity contribution is -0.0432. The van der Waals surface area contributed by atoms with Gasteiger partial charge in [-0.3, -0.25) is 9.48 Å². The molecule has 2 aromatic heterocycles. The molecule has 2 fully saturated rings. The van der Waals surface area contributed by atoms with Gasteiger partial charge in [-0.1, -0.05) is 20.8 Å². The van der Waals surface area contributed by atoms with Crippen molar-refractivity contribution in [1.29, 1.82) is 0 Å². The maximum atomic E-state index is 13.0. The molecule has 1 atom stereocenters. The first-order chi connectivity index (χ1) is 13.1. The molecule has 7 nitrogen and oxygen atoms in total. The van der Waals surface area contributed by atoms with Crippen LogP contribution < -0.4 is 0 Å². The number of carbonyl (C=O) groups excluding carboxylic acids is 1. The van der Waals surface area contributed by atoms with Crippen LogP contribution in [0.3, 0.4) is 0 Å². The molecular formula is C20H28N4O3S. The summed E-state index contributed by atoms with van der Waals surface area (Å²) in [6, 6.07) is 1.90. The van der Waals surface area contributed by atoms with Crippen molar-refractivity contribution in [3.8, 4) is 0 Å². The number of aliphatic hydroxyl groups is 1. The van der Waals surface area contributed by atoms with E-state index in [0.717, 1.165) is 18.5 Å². The van der Waals surface area contributed by atoms with Gasteiger partial charge in [0, 0.05) is 43.5 Å². The maximum absolute atomic E-state index is 13.0. The summed E-state index contributed by atoms with van der Waals surface area (Å²) in [6.45, 7) is 7.77. The van der Waals surface area contributed by atoms with E-state index in [1.54, 1.807) is 10.9 Å². The molecule has 0 saturated carbocycles. The topological polar surface area (TPSA) is 80.5 Å². The summed E-state index contributed by atoms with van der Waals surface area (Å²) < 4.78 is 7.77. The van der Waals surface area contributed by atoms with Crippen molar-refractivity contribution in [2.75, 3.05) is 19.7 Å². The Kier molecular flexibility index (Phi) is 4.63. The molecule has 2 saturated heterocycles. The highest BCUT2D eigenvalue weighted by molar-refractivity contribution is 7.09. The van der Waals surface area contributed by atoms with E-state index in [1.165, 1.54) is 11.3 Å². The molecule has 4 rings (SSSR count). The summed E-state index contributed by atoms with van der Waals surface area (Å²) in [5, 5.41) is 18.1. The summed E-state index contributed by atoms with van der Waals surface area (Å²) in [5.41, 5.74) is 0.0525. The summed E-state index contributed by atoms with van der Waals surface area (Å²) in [6.07, 6.45) is 3.69. The molecule has 1 amide bonds.